The molecule has 4 aromatic rings. The molecule has 0 radical (unpaired) electrons. The minimum absolute atomic E-state index is 0.00177. The predicted octanol–water partition coefficient (Wildman–Crippen LogP) is 2.31. The van der Waals surface area contributed by atoms with E-state index in [1.165, 1.54) is 24.8 Å². The van der Waals surface area contributed by atoms with E-state index in [1.807, 2.05) is 42.8 Å². The summed E-state index contributed by atoms with van der Waals surface area (Å²) in [6, 6.07) is 12.0. The van der Waals surface area contributed by atoms with Crippen LogP contribution in [-0.4, -0.2) is 25.9 Å². The summed E-state index contributed by atoms with van der Waals surface area (Å²) >= 11 is 0. The standard InChI is InChI=1S/C24H26N4O4/c1-13-7-6-8-15(11-13)20-18-21(27(3)24(31)28(4)23(18)30)22(26(20)2)19(25)14-9-10-16(29)17(12-14)32-5/h6-12,19,29H,25H2,1-5H3. The number of fused-ring (bicyclic) bond motifs is 1. The van der Waals surface area contributed by atoms with Crippen LogP contribution < -0.4 is 21.7 Å². The van der Waals surface area contributed by atoms with Crippen molar-refractivity contribution in [2.24, 2.45) is 26.9 Å². The van der Waals surface area contributed by atoms with Crippen LogP contribution in [0, 0.1) is 6.92 Å². The quantitative estimate of drug-likeness (QED) is 0.513. The number of nitrogens with zero attached hydrogens (tertiary/aromatic N) is 3. The lowest BCUT2D eigenvalue weighted by atomic mass is 10.0. The molecule has 1 atom stereocenters. The number of benzene rings is 2. The van der Waals surface area contributed by atoms with Crippen molar-refractivity contribution in [2.75, 3.05) is 7.11 Å². The molecular formula is C24H26N4O4. The van der Waals surface area contributed by atoms with Gasteiger partial charge in [-0.05, 0) is 36.2 Å². The zero-order valence-electron chi connectivity index (χ0n) is 18.7. The van der Waals surface area contributed by atoms with E-state index in [9.17, 15) is 14.7 Å². The molecule has 4 rings (SSSR count). The summed E-state index contributed by atoms with van der Waals surface area (Å²) in [5.41, 5.74) is 10.3. The van der Waals surface area contributed by atoms with Crippen LogP contribution in [0.15, 0.2) is 52.1 Å². The number of nitrogens with two attached hydrogens (primary N) is 1. The molecule has 0 fully saturated rings. The maximum absolute atomic E-state index is 13.3. The fraction of sp³-hybridized carbons (Fsp3) is 0.250. The number of rotatable bonds is 4. The van der Waals surface area contributed by atoms with Crippen molar-refractivity contribution < 1.29 is 9.84 Å². The Hall–Kier alpha value is -3.78. The van der Waals surface area contributed by atoms with E-state index in [4.69, 9.17) is 10.5 Å². The summed E-state index contributed by atoms with van der Waals surface area (Å²) in [6.45, 7) is 1.98. The first-order valence-electron chi connectivity index (χ1n) is 10.1. The lowest BCUT2D eigenvalue weighted by molar-refractivity contribution is 0.372. The normalized spacial score (nSPS) is 12.3. The number of aromatic nitrogens is 3. The lowest BCUT2D eigenvalue weighted by Gasteiger charge is -2.17. The van der Waals surface area contributed by atoms with Crippen LogP contribution in [0.2, 0.25) is 0 Å². The molecule has 0 saturated heterocycles. The van der Waals surface area contributed by atoms with E-state index in [0.29, 0.717) is 33.6 Å². The highest BCUT2D eigenvalue weighted by Gasteiger charge is 2.27. The van der Waals surface area contributed by atoms with Gasteiger partial charge in [0.05, 0.1) is 35.4 Å². The monoisotopic (exact) mass is 434 g/mol. The third-order valence-corrected chi connectivity index (χ3v) is 5.99. The zero-order valence-corrected chi connectivity index (χ0v) is 18.7. The van der Waals surface area contributed by atoms with Crippen LogP contribution in [0.5, 0.6) is 11.5 Å². The van der Waals surface area contributed by atoms with Crippen LogP contribution in [0.25, 0.3) is 22.2 Å². The first kappa shape index (κ1) is 21.5. The number of aryl methyl sites for hydroxylation is 2. The van der Waals surface area contributed by atoms with E-state index < -0.39 is 11.7 Å². The van der Waals surface area contributed by atoms with Gasteiger partial charge < -0.3 is 20.1 Å². The summed E-state index contributed by atoms with van der Waals surface area (Å²) in [5.74, 6) is 0.294. The highest BCUT2D eigenvalue weighted by Crippen LogP contribution is 2.37. The van der Waals surface area contributed by atoms with Crippen molar-refractivity contribution >= 4 is 10.9 Å². The van der Waals surface area contributed by atoms with E-state index in [2.05, 4.69) is 0 Å². The second-order valence-electron chi connectivity index (χ2n) is 8.00. The van der Waals surface area contributed by atoms with Crippen molar-refractivity contribution in [3.05, 3.63) is 80.1 Å². The van der Waals surface area contributed by atoms with Crippen LogP contribution in [-0.2, 0) is 21.1 Å². The summed E-state index contributed by atoms with van der Waals surface area (Å²) < 4.78 is 9.69. The molecule has 2 heterocycles. The minimum Gasteiger partial charge on any atom is -0.504 e. The van der Waals surface area contributed by atoms with Crippen LogP contribution in [0.4, 0.5) is 0 Å². The van der Waals surface area contributed by atoms with E-state index in [0.717, 1.165) is 15.7 Å². The Labute approximate surface area is 184 Å². The first-order valence-corrected chi connectivity index (χ1v) is 10.1. The molecule has 166 valence electrons. The Balaban J connectivity index is 2.13. The highest BCUT2D eigenvalue weighted by molar-refractivity contribution is 5.96. The van der Waals surface area contributed by atoms with E-state index in [1.54, 1.807) is 19.2 Å². The number of phenols is 1. The molecule has 0 bridgehead atoms. The molecule has 0 amide bonds. The van der Waals surface area contributed by atoms with E-state index in [-0.39, 0.29) is 11.3 Å². The average molecular weight is 434 g/mol. The Bertz CT molecular complexity index is 1480. The van der Waals surface area contributed by atoms with Crippen LogP contribution in [0.3, 0.4) is 0 Å². The van der Waals surface area contributed by atoms with Gasteiger partial charge in [0.25, 0.3) is 5.56 Å². The molecule has 0 aliphatic heterocycles. The first-order chi connectivity index (χ1) is 15.2. The fourth-order valence-corrected chi connectivity index (χ4v) is 4.34. The van der Waals surface area contributed by atoms with Gasteiger partial charge in [-0.15, -0.1) is 0 Å². The molecule has 2 aromatic carbocycles. The lowest BCUT2D eigenvalue weighted by Crippen LogP contribution is -2.37. The molecule has 8 nitrogen and oxygen atoms in total. The molecule has 0 aliphatic rings. The number of methoxy groups -OCH3 is 1. The topological polar surface area (TPSA) is 104 Å². The third-order valence-electron chi connectivity index (χ3n) is 5.99. The maximum atomic E-state index is 13.3. The third kappa shape index (κ3) is 3.11. The minimum atomic E-state index is -0.687. The smallest absolute Gasteiger partial charge is 0.331 e. The second kappa shape index (κ2) is 7.72. The second-order valence-corrected chi connectivity index (χ2v) is 8.00. The molecule has 1 unspecified atom stereocenters. The van der Waals surface area contributed by atoms with Crippen molar-refractivity contribution in [3.8, 4) is 22.8 Å². The molecule has 8 heteroatoms. The number of hydrogen-bond donors (Lipinski definition) is 2. The number of aromatic hydroxyl groups is 1. The Kier molecular flexibility index (Phi) is 5.18. The summed E-state index contributed by atoms with van der Waals surface area (Å²) in [4.78, 5) is 26.1. The number of hydrogen-bond acceptors (Lipinski definition) is 5. The Morgan fingerprint density at radius 1 is 1.00 bits per heavy atom. The molecule has 2 aromatic heterocycles. The Morgan fingerprint density at radius 2 is 1.72 bits per heavy atom. The van der Waals surface area contributed by atoms with Crippen LogP contribution >= 0.6 is 0 Å². The number of phenolic OH excluding ortho intramolecular Hbond substituents is 1. The van der Waals surface area contributed by atoms with Gasteiger partial charge in [0.2, 0.25) is 0 Å². The molecule has 0 spiro atoms. The van der Waals surface area contributed by atoms with Gasteiger partial charge in [0.15, 0.2) is 11.5 Å². The van der Waals surface area contributed by atoms with Gasteiger partial charge >= 0.3 is 5.69 Å². The van der Waals surface area contributed by atoms with Crippen molar-refractivity contribution in [1.82, 2.24) is 13.7 Å². The molecule has 3 N–H and O–H groups in total. The molecule has 32 heavy (non-hydrogen) atoms. The molecular weight excluding hydrogens is 408 g/mol. The van der Waals surface area contributed by atoms with Crippen molar-refractivity contribution in [3.63, 3.8) is 0 Å². The fourth-order valence-electron chi connectivity index (χ4n) is 4.34. The van der Waals surface area contributed by atoms with Gasteiger partial charge in [0.1, 0.15) is 0 Å². The van der Waals surface area contributed by atoms with Gasteiger partial charge in [-0.2, -0.15) is 0 Å². The summed E-state index contributed by atoms with van der Waals surface area (Å²) in [7, 11) is 6.42. The Morgan fingerprint density at radius 3 is 2.38 bits per heavy atom. The highest BCUT2D eigenvalue weighted by atomic mass is 16.5. The molecule has 0 saturated carbocycles. The average Bonchev–Trinajstić information content (AvgIpc) is 3.09. The molecule has 0 aliphatic carbocycles. The van der Waals surface area contributed by atoms with Crippen molar-refractivity contribution in [2.45, 2.75) is 13.0 Å². The largest absolute Gasteiger partial charge is 0.504 e. The van der Waals surface area contributed by atoms with E-state index >= 15 is 0 Å². The van der Waals surface area contributed by atoms with Gasteiger partial charge in [-0.1, -0.05) is 29.8 Å². The summed E-state index contributed by atoms with van der Waals surface area (Å²) in [6.07, 6.45) is 0. The predicted molar refractivity (Wildman–Crippen MR) is 124 cm³/mol. The SMILES string of the molecule is COc1cc(C(N)c2c3c(c(-c4cccc(C)c4)n2C)c(=O)n(C)c(=O)n3C)ccc1O. The van der Waals surface area contributed by atoms with Gasteiger partial charge in [0, 0.05) is 21.1 Å². The zero-order chi connectivity index (χ0) is 23.3. The maximum Gasteiger partial charge on any atom is 0.331 e. The van der Waals surface area contributed by atoms with Gasteiger partial charge in [-0.3, -0.25) is 13.9 Å². The number of ether oxygens (including phenoxy) is 1. The van der Waals surface area contributed by atoms with Gasteiger partial charge in [-0.25, -0.2) is 4.79 Å². The van der Waals surface area contributed by atoms with Crippen molar-refractivity contribution in [1.29, 1.82) is 0 Å². The van der Waals surface area contributed by atoms with Crippen LogP contribution in [0.1, 0.15) is 22.9 Å². The summed E-state index contributed by atoms with van der Waals surface area (Å²) in [5, 5.41) is 10.4.